The number of benzene rings is 1. The quantitative estimate of drug-likeness (QED) is 0.896. The van der Waals surface area contributed by atoms with Gasteiger partial charge in [0.15, 0.2) is 0 Å². The largest absolute Gasteiger partial charge is 0.377 e. The van der Waals surface area contributed by atoms with Gasteiger partial charge in [-0.3, -0.25) is 0 Å². The molecule has 2 aliphatic rings. The minimum atomic E-state index is 0.258. The number of nitrogens with one attached hydrogen (secondary N) is 1. The van der Waals surface area contributed by atoms with Crippen LogP contribution in [0, 0.1) is 11.3 Å². The van der Waals surface area contributed by atoms with Gasteiger partial charge in [-0.15, -0.1) is 0 Å². The second kappa shape index (κ2) is 4.92. The molecular formula is C17H25NO. The van der Waals surface area contributed by atoms with E-state index in [1.165, 1.54) is 18.4 Å². The second-order valence-corrected chi connectivity index (χ2v) is 6.70. The molecule has 0 amide bonds. The monoisotopic (exact) mass is 259 g/mol. The first-order chi connectivity index (χ1) is 9.10. The van der Waals surface area contributed by atoms with Crippen molar-refractivity contribution in [2.75, 3.05) is 6.61 Å². The zero-order valence-electron chi connectivity index (χ0n) is 12.2. The topological polar surface area (TPSA) is 21.3 Å². The Morgan fingerprint density at radius 3 is 2.74 bits per heavy atom. The van der Waals surface area contributed by atoms with E-state index in [0.29, 0.717) is 24.1 Å². The summed E-state index contributed by atoms with van der Waals surface area (Å²) in [6.45, 7) is 7.90. The lowest BCUT2D eigenvalue weighted by Gasteiger charge is -2.60. The zero-order valence-corrected chi connectivity index (χ0v) is 12.2. The minimum absolute atomic E-state index is 0.258. The SMILES string of the molecule is CC(NC1C2CCCOC2C1(C)C)c1ccccc1. The van der Waals surface area contributed by atoms with Gasteiger partial charge in [-0.2, -0.15) is 0 Å². The molecule has 2 heteroatoms. The Bertz CT molecular complexity index is 428. The van der Waals surface area contributed by atoms with Crippen LogP contribution in [0.25, 0.3) is 0 Å². The average Bonchev–Trinajstić information content (AvgIpc) is 2.45. The molecule has 2 fully saturated rings. The third kappa shape index (κ3) is 2.21. The standard InChI is InChI=1S/C17H25NO/c1-12(13-8-5-4-6-9-13)18-15-14-10-7-11-19-16(14)17(15,2)3/h4-6,8-9,12,14-16,18H,7,10-11H2,1-3H3. The van der Waals surface area contributed by atoms with Crippen LogP contribution in [0.4, 0.5) is 0 Å². The van der Waals surface area contributed by atoms with Gasteiger partial charge in [0, 0.05) is 30.0 Å². The van der Waals surface area contributed by atoms with E-state index >= 15 is 0 Å². The van der Waals surface area contributed by atoms with Gasteiger partial charge in [0.1, 0.15) is 0 Å². The maximum absolute atomic E-state index is 5.97. The molecule has 0 aromatic heterocycles. The lowest BCUT2D eigenvalue weighted by atomic mass is 9.55. The molecule has 1 N–H and O–H groups in total. The molecule has 0 bridgehead atoms. The molecule has 3 rings (SSSR count). The van der Waals surface area contributed by atoms with Crippen molar-refractivity contribution >= 4 is 0 Å². The molecule has 1 aromatic carbocycles. The van der Waals surface area contributed by atoms with Crippen LogP contribution in [0.3, 0.4) is 0 Å². The molecule has 1 aliphatic heterocycles. The fourth-order valence-corrected chi connectivity index (χ4v) is 3.97. The van der Waals surface area contributed by atoms with Gasteiger partial charge in [0.25, 0.3) is 0 Å². The Kier molecular flexibility index (Phi) is 3.40. The normalized spacial score (nSPS) is 34.2. The first kappa shape index (κ1) is 13.1. The molecule has 1 saturated heterocycles. The lowest BCUT2D eigenvalue weighted by Crippen LogP contribution is -2.69. The highest BCUT2D eigenvalue weighted by molar-refractivity contribution is 5.20. The van der Waals surface area contributed by atoms with E-state index in [-0.39, 0.29) is 5.41 Å². The minimum Gasteiger partial charge on any atom is -0.377 e. The molecule has 2 nitrogen and oxygen atoms in total. The van der Waals surface area contributed by atoms with Crippen molar-refractivity contribution in [3.63, 3.8) is 0 Å². The molecule has 1 saturated carbocycles. The lowest BCUT2D eigenvalue weighted by molar-refractivity contribution is -0.194. The third-order valence-electron chi connectivity index (χ3n) is 5.06. The summed E-state index contributed by atoms with van der Waals surface area (Å²) in [5, 5.41) is 3.84. The van der Waals surface area contributed by atoms with Gasteiger partial charge < -0.3 is 10.1 Å². The van der Waals surface area contributed by atoms with Crippen molar-refractivity contribution in [3.8, 4) is 0 Å². The Balaban J connectivity index is 1.69. The highest BCUT2D eigenvalue weighted by Gasteiger charge is 2.57. The van der Waals surface area contributed by atoms with E-state index in [1.54, 1.807) is 0 Å². The van der Waals surface area contributed by atoms with E-state index < -0.39 is 0 Å². The average molecular weight is 259 g/mol. The maximum Gasteiger partial charge on any atom is 0.0684 e. The number of fused-ring (bicyclic) bond motifs is 1. The van der Waals surface area contributed by atoms with Crippen LogP contribution in [0.15, 0.2) is 30.3 Å². The third-order valence-corrected chi connectivity index (χ3v) is 5.06. The van der Waals surface area contributed by atoms with Crippen LogP contribution < -0.4 is 5.32 Å². The number of hydrogen-bond donors (Lipinski definition) is 1. The van der Waals surface area contributed by atoms with E-state index in [2.05, 4.69) is 56.4 Å². The van der Waals surface area contributed by atoms with Gasteiger partial charge in [-0.1, -0.05) is 44.2 Å². The van der Waals surface area contributed by atoms with Crippen molar-refractivity contribution < 1.29 is 4.74 Å². The van der Waals surface area contributed by atoms with Crippen LogP contribution in [-0.2, 0) is 4.74 Å². The molecular weight excluding hydrogens is 234 g/mol. The first-order valence-corrected chi connectivity index (χ1v) is 7.53. The van der Waals surface area contributed by atoms with Crippen molar-refractivity contribution in [1.82, 2.24) is 5.32 Å². The fraction of sp³-hybridized carbons (Fsp3) is 0.647. The molecule has 1 aliphatic carbocycles. The number of rotatable bonds is 3. The zero-order chi connectivity index (χ0) is 13.5. The van der Waals surface area contributed by atoms with E-state index in [0.717, 1.165) is 6.61 Å². The van der Waals surface area contributed by atoms with Crippen LogP contribution in [0.5, 0.6) is 0 Å². The molecule has 0 radical (unpaired) electrons. The van der Waals surface area contributed by atoms with Gasteiger partial charge >= 0.3 is 0 Å². The van der Waals surface area contributed by atoms with Gasteiger partial charge in [0.2, 0.25) is 0 Å². The molecule has 19 heavy (non-hydrogen) atoms. The molecule has 1 heterocycles. The number of hydrogen-bond acceptors (Lipinski definition) is 2. The number of ether oxygens (including phenoxy) is 1. The fourth-order valence-electron chi connectivity index (χ4n) is 3.97. The summed E-state index contributed by atoms with van der Waals surface area (Å²) in [5.74, 6) is 0.704. The smallest absolute Gasteiger partial charge is 0.0684 e. The highest BCUT2D eigenvalue weighted by Crippen LogP contribution is 2.51. The summed E-state index contributed by atoms with van der Waals surface area (Å²) >= 11 is 0. The summed E-state index contributed by atoms with van der Waals surface area (Å²) in [6.07, 6.45) is 2.99. The van der Waals surface area contributed by atoms with Crippen molar-refractivity contribution in [2.24, 2.45) is 11.3 Å². The summed E-state index contributed by atoms with van der Waals surface area (Å²) in [7, 11) is 0. The Morgan fingerprint density at radius 1 is 1.26 bits per heavy atom. The van der Waals surface area contributed by atoms with Gasteiger partial charge in [-0.25, -0.2) is 0 Å². The van der Waals surface area contributed by atoms with Crippen molar-refractivity contribution in [2.45, 2.75) is 51.8 Å². The highest BCUT2D eigenvalue weighted by atomic mass is 16.5. The predicted octanol–water partition coefficient (Wildman–Crippen LogP) is 3.54. The molecule has 1 aromatic rings. The molecule has 0 spiro atoms. The predicted molar refractivity (Wildman–Crippen MR) is 78.0 cm³/mol. The van der Waals surface area contributed by atoms with Crippen LogP contribution >= 0.6 is 0 Å². The Morgan fingerprint density at radius 2 is 2.00 bits per heavy atom. The second-order valence-electron chi connectivity index (χ2n) is 6.70. The Labute approximate surface area is 116 Å². The van der Waals surface area contributed by atoms with E-state index in [9.17, 15) is 0 Å². The summed E-state index contributed by atoms with van der Waals surface area (Å²) in [6, 6.07) is 11.7. The van der Waals surface area contributed by atoms with Crippen LogP contribution in [0.2, 0.25) is 0 Å². The van der Waals surface area contributed by atoms with E-state index in [1.807, 2.05) is 0 Å². The van der Waals surface area contributed by atoms with Gasteiger partial charge in [-0.05, 0) is 25.3 Å². The first-order valence-electron chi connectivity index (χ1n) is 7.53. The maximum atomic E-state index is 5.97. The van der Waals surface area contributed by atoms with Gasteiger partial charge in [0.05, 0.1) is 6.10 Å². The summed E-state index contributed by atoms with van der Waals surface area (Å²) in [4.78, 5) is 0. The molecule has 4 unspecified atom stereocenters. The van der Waals surface area contributed by atoms with Crippen molar-refractivity contribution in [1.29, 1.82) is 0 Å². The van der Waals surface area contributed by atoms with Crippen LogP contribution in [-0.4, -0.2) is 18.8 Å². The molecule has 104 valence electrons. The summed E-state index contributed by atoms with van der Waals surface area (Å²) in [5.41, 5.74) is 1.63. The van der Waals surface area contributed by atoms with Crippen molar-refractivity contribution in [3.05, 3.63) is 35.9 Å². The molecule has 4 atom stereocenters. The Hall–Kier alpha value is -0.860. The summed E-state index contributed by atoms with van der Waals surface area (Å²) < 4.78 is 5.97. The van der Waals surface area contributed by atoms with Crippen LogP contribution in [0.1, 0.15) is 45.2 Å². The van der Waals surface area contributed by atoms with E-state index in [4.69, 9.17) is 4.74 Å².